The van der Waals surface area contributed by atoms with Crippen molar-refractivity contribution < 1.29 is 9.47 Å². The van der Waals surface area contributed by atoms with Gasteiger partial charge in [0.05, 0.1) is 14.2 Å². The zero-order valence-electron chi connectivity index (χ0n) is 15.4. The van der Waals surface area contributed by atoms with E-state index in [0.717, 1.165) is 10.1 Å². The molecule has 4 heteroatoms. The van der Waals surface area contributed by atoms with E-state index in [4.69, 9.17) is 9.47 Å². The Hall–Kier alpha value is -2.82. The second-order valence-electron chi connectivity index (χ2n) is 6.91. The second-order valence-corrected chi connectivity index (χ2v) is 9.00. The minimum Gasteiger partial charge on any atom is -0.487 e. The van der Waals surface area contributed by atoms with E-state index in [-0.39, 0.29) is 0 Å². The quantitative estimate of drug-likeness (QED) is 0.279. The molecule has 0 saturated heterocycles. The summed E-state index contributed by atoms with van der Waals surface area (Å²) in [5.41, 5.74) is 0. The normalized spacial score (nSPS) is 11.9. The molecular weight excluding hydrogens is 384 g/mol. The van der Waals surface area contributed by atoms with Crippen molar-refractivity contribution in [3.63, 3.8) is 0 Å². The number of fused-ring (bicyclic) bond motifs is 9. The van der Waals surface area contributed by atoms with E-state index in [0.29, 0.717) is 0 Å². The summed E-state index contributed by atoms with van der Waals surface area (Å²) in [6.45, 7) is 0. The molecule has 28 heavy (non-hydrogen) atoms. The average molecular weight is 401 g/mol. The first-order chi connectivity index (χ1) is 13.8. The third-order valence-corrected chi connectivity index (χ3v) is 7.67. The van der Waals surface area contributed by atoms with E-state index in [2.05, 4.69) is 60.7 Å². The van der Waals surface area contributed by atoms with Gasteiger partial charge in [0.1, 0.15) is 0 Å². The van der Waals surface area contributed by atoms with Crippen LogP contribution in [0.25, 0.3) is 52.5 Å². The zero-order chi connectivity index (χ0) is 18.8. The fraction of sp³-hybridized carbons (Fsp3) is 0.0833. The third kappa shape index (κ3) is 2.13. The van der Waals surface area contributed by atoms with E-state index in [1.165, 1.54) is 52.5 Å². The lowest BCUT2D eigenvalue weighted by molar-refractivity contribution is 0.427. The molecule has 0 bridgehead atoms. The Kier molecular flexibility index (Phi) is 3.37. The topological polar surface area (TPSA) is 18.5 Å². The molecule has 6 aromatic rings. The van der Waals surface area contributed by atoms with Crippen molar-refractivity contribution in [3.8, 4) is 10.1 Å². The van der Waals surface area contributed by atoms with E-state index >= 15 is 0 Å². The van der Waals surface area contributed by atoms with Crippen molar-refractivity contribution in [2.24, 2.45) is 0 Å². The van der Waals surface area contributed by atoms with Crippen molar-refractivity contribution in [2.75, 3.05) is 14.2 Å². The zero-order valence-corrected chi connectivity index (χ0v) is 17.0. The Balaban J connectivity index is 1.73. The highest BCUT2D eigenvalue weighted by molar-refractivity contribution is 7.21. The van der Waals surface area contributed by atoms with E-state index in [1.54, 1.807) is 36.9 Å². The van der Waals surface area contributed by atoms with Gasteiger partial charge in [-0.2, -0.15) is 0 Å². The standard InChI is InChI=1S/C24H16O2S2/c1-25-23-11-19-17-5-3-14-13(15(17)7-9-21(19)27-23)4-6-18-16(14)8-10-22-20(18)12-24(26-2)28-22/h3-12H,1-2H3. The highest BCUT2D eigenvalue weighted by Crippen LogP contribution is 2.42. The SMILES string of the molecule is COc1cc2c(ccc3c2ccc2c4ccc5sc(OC)cc5c4ccc32)s1. The molecule has 0 aliphatic carbocycles. The van der Waals surface area contributed by atoms with Gasteiger partial charge >= 0.3 is 0 Å². The largest absolute Gasteiger partial charge is 0.487 e. The third-order valence-electron chi connectivity index (χ3n) is 5.55. The average Bonchev–Trinajstić information content (AvgIpc) is 3.36. The highest BCUT2D eigenvalue weighted by Gasteiger charge is 2.12. The van der Waals surface area contributed by atoms with E-state index in [1.807, 2.05) is 0 Å². The molecule has 2 aromatic heterocycles. The Morgan fingerprint density at radius 3 is 1.14 bits per heavy atom. The molecule has 0 amide bonds. The van der Waals surface area contributed by atoms with Crippen LogP contribution in [-0.4, -0.2) is 14.2 Å². The van der Waals surface area contributed by atoms with Crippen LogP contribution in [-0.2, 0) is 0 Å². The number of rotatable bonds is 2. The van der Waals surface area contributed by atoms with Crippen LogP contribution in [0.4, 0.5) is 0 Å². The first kappa shape index (κ1) is 16.2. The van der Waals surface area contributed by atoms with Crippen LogP contribution in [0.15, 0.2) is 60.7 Å². The van der Waals surface area contributed by atoms with E-state index < -0.39 is 0 Å². The maximum Gasteiger partial charge on any atom is 0.174 e. The minimum atomic E-state index is 0.954. The molecule has 0 spiro atoms. The summed E-state index contributed by atoms with van der Waals surface area (Å²) >= 11 is 3.39. The molecule has 4 aromatic carbocycles. The minimum absolute atomic E-state index is 0.954. The van der Waals surface area contributed by atoms with Gasteiger partial charge in [0.15, 0.2) is 10.1 Å². The molecule has 0 aliphatic rings. The Morgan fingerprint density at radius 2 is 0.786 bits per heavy atom. The molecular formula is C24H16O2S2. The van der Waals surface area contributed by atoms with Crippen molar-refractivity contribution in [3.05, 3.63) is 60.7 Å². The maximum atomic E-state index is 5.45. The fourth-order valence-corrected chi connectivity index (χ4v) is 6.02. The van der Waals surface area contributed by atoms with Gasteiger partial charge in [-0.15, -0.1) is 0 Å². The number of hydrogen-bond donors (Lipinski definition) is 0. The number of thiophene rings is 2. The lowest BCUT2D eigenvalue weighted by atomic mass is 9.95. The Labute approximate surface area is 169 Å². The molecule has 0 atom stereocenters. The van der Waals surface area contributed by atoms with Gasteiger partial charge in [0.2, 0.25) is 0 Å². The van der Waals surface area contributed by atoms with Gasteiger partial charge in [0, 0.05) is 32.3 Å². The summed E-state index contributed by atoms with van der Waals surface area (Å²) in [6.07, 6.45) is 0. The highest BCUT2D eigenvalue weighted by atomic mass is 32.1. The molecule has 0 radical (unpaired) electrons. The Morgan fingerprint density at radius 1 is 0.464 bits per heavy atom. The van der Waals surface area contributed by atoms with E-state index in [9.17, 15) is 0 Å². The predicted molar refractivity (Wildman–Crippen MR) is 123 cm³/mol. The van der Waals surface area contributed by atoms with Crippen molar-refractivity contribution in [1.29, 1.82) is 0 Å². The predicted octanol–water partition coefficient (Wildman–Crippen LogP) is 7.59. The summed E-state index contributed by atoms with van der Waals surface area (Å²) < 4.78 is 13.4. The van der Waals surface area contributed by atoms with Crippen LogP contribution in [0.5, 0.6) is 10.1 Å². The molecule has 0 unspecified atom stereocenters. The summed E-state index contributed by atoms with van der Waals surface area (Å²) in [7, 11) is 3.46. The van der Waals surface area contributed by atoms with Crippen molar-refractivity contribution in [1.82, 2.24) is 0 Å². The van der Waals surface area contributed by atoms with Crippen molar-refractivity contribution in [2.45, 2.75) is 0 Å². The summed E-state index contributed by atoms with van der Waals surface area (Å²) in [4.78, 5) is 0. The number of benzene rings is 4. The first-order valence-corrected chi connectivity index (χ1v) is 10.7. The van der Waals surface area contributed by atoms with Gasteiger partial charge in [-0.3, -0.25) is 0 Å². The summed E-state index contributed by atoms with van der Waals surface area (Å²) in [6, 6.07) is 22.2. The Bertz CT molecular complexity index is 1420. The van der Waals surface area contributed by atoms with Crippen LogP contribution in [0.1, 0.15) is 0 Å². The van der Waals surface area contributed by atoms with Crippen LogP contribution in [0.3, 0.4) is 0 Å². The molecule has 136 valence electrons. The van der Waals surface area contributed by atoms with Crippen molar-refractivity contribution >= 4 is 75.2 Å². The lowest BCUT2D eigenvalue weighted by Gasteiger charge is -2.09. The molecule has 6 rings (SSSR count). The van der Waals surface area contributed by atoms with Crippen LogP contribution in [0, 0.1) is 0 Å². The molecule has 0 N–H and O–H groups in total. The number of methoxy groups -OCH3 is 2. The van der Waals surface area contributed by atoms with Gasteiger partial charge < -0.3 is 9.47 Å². The van der Waals surface area contributed by atoms with Gasteiger partial charge in [-0.1, -0.05) is 59.1 Å². The molecule has 0 saturated carbocycles. The molecule has 2 nitrogen and oxygen atoms in total. The fourth-order valence-electron chi connectivity index (χ4n) is 4.23. The first-order valence-electron chi connectivity index (χ1n) is 9.09. The molecule has 2 heterocycles. The van der Waals surface area contributed by atoms with Crippen LogP contribution in [0.2, 0.25) is 0 Å². The smallest absolute Gasteiger partial charge is 0.174 e. The van der Waals surface area contributed by atoms with Gasteiger partial charge in [-0.25, -0.2) is 0 Å². The summed E-state index contributed by atoms with van der Waals surface area (Å²) in [5, 5.41) is 12.1. The number of hydrogen-bond acceptors (Lipinski definition) is 4. The van der Waals surface area contributed by atoms with Gasteiger partial charge in [0.25, 0.3) is 0 Å². The lowest BCUT2D eigenvalue weighted by Crippen LogP contribution is -1.82. The van der Waals surface area contributed by atoms with Crippen LogP contribution >= 0.6 is 22.7 Å². The molecule has 0 aliphatic heterocycles. The second kappa shape index (κ2) is 5.84. The van der Waals surface area contributed by atoms with Gasteiger partial charge in [-0.05, 0) is 44.5 Å². The van der Waals surface area contributed by atoms with Crippen LogP contribution < -0.4 is 9.47 Å². The molecule has 0 fully saturated rings. The monoisotopic (exact) mass is 400 g/mol. The maximum absolute atomic E-state index is 5.45. The summed E-state index contributed by atoms with van der Waals surface area (Å²) in [5.74, 6) is 0. The number of ether oxygens (including phenoxy) is 2.